The number of anilines is 2. The maximum atomic E-state index is 12.5. The number of amides is 2. The van der Waals surface area contributed by atoms with E-state index in [0.29, 0.717) is 5.69 Å². The van der Waals surface area contributed by atoms with E-state index >= 15 is 0 Å². The molecule has 3 aromatic rings. The largest absolute Gasteiger partial charge is 0.355 e. The molecule has 0 radical (unpaired) electrons. The van der Waals surface area contributed by atoms with E-state index in [2.05, 4.69) is 30.5 Å². The van der Waals surface area contributed by atoms with Gasteiger partial charge in [-0.05, 0) is 49.6 Å². The van der Waals surface area contributed by atoms with Gasteiger partial charge in [0.25, 0.3) is 0 Å². The Hall–Kier alpha value is -3.29. The molecule has 0 bridgehead atoms. The van der Waals surface area contributed by atoms with Crippen LogP contribution in [-0.2, 0) is 0 Å². The number of hydrogen-bond acceptors (Lipinski definition) is 4. The van der Waals surface area contributed by atoms with Gasteiger partial charge in [0.2, 0.25) is 0 Å². The number of carbonyl (C=O) groups is 1. The van der Waals surface area contributed by atoms with Crippen LogP contribution in [0.4, 0.5) is 16.3 Å². The Morgan fingerprint density at radius 2 is 1.96 bits per heavy atom. The van der Waals surface area contributed by atoms with Gasteiger partial charge in [0.05, 0.1) is 22.8 Å². The van der Waals surface area contributed by atoms with Crippen molar-refractivity contribution >= 4 is 28.6 Å². The van der Waals surface area contributed by atoms with E-state index in [1.54, 1.807) is 6.20 Å². The van der Waals surface area contributed by atoms with Gasteiger partial charge in [0.15, 0.2) is 5.82 Å². The fourth-order valence-corrected chi connectivity index (χ4v) is 3.43. The molecule has 3 heterocycles. The zero-order valence-corrected chi connectivity index (χ0v) is 15.1. The number of fused-ring (bicyclic) bond motifs is 1. The van der Waals surface area contributed by atoms with Crippen LogP contribution in [0.15, 0.2) is 41.3 Å². The third-order valence-electron chi connectivity index (χ3n) is 4.83. The molecule has 1 aromatic carbocycles. The summed E-state index contributed by atoms with van der Waals surface area (Å²) in [5, 5.41) is 5.85. The smallest absolute Gasteiger partial charge is 0.323 e. The normalized spacial score (nSPS) is 15.1. The number of pyridine rings is 1. The number of carbonyl (C=O) groups excluding carboxylic acids is 1. The molecule has 0 aliphatic carbocycles. The molecule has 2 aromatic heterocycles. The highest BCUT2D eigenvalue weighted by atomic mass is 16.2. The van der Waals surface area contributed by atoms with Gasteiger partial charge in [0.1, 0.15) is 0 Å². The molecule has 27 heavy (non-hydrogen) atoms. The lowest BCUT2D eigenvalue weighted by Crippen LogP contribution is -2.32. The molecule has 4 rings (SSSR count). The lowest BCUT2D eigenvalue weighted by molar-refractivity contribution is 0.249. The molecule has 8 heteroatoms. The van der Waals surface area contributed by atoms with Crippen LogP contribution in [0.2, 0.25) is 0 Å². The second-order valence-electron chi connectivity index (χ2n) is 6.77. The van der Waals surface area contributed by atoms with Crippen LogP contribution >= 0.6 is 0 Å². The molecular formula is C19H22N6O2. The Kier molecular flexibility index (Phi) is 4.53. The molecule has 140 valence electrons. The number of hydrogen-bond donors (Lipinski definition) is 4. The molecular weight excluding hydrogens is 344 g/mol. The van der Waals surface area contributed by atoms with Crippen molar-refractivity contribution in [1.29, 1.82) is 0 Å². The summed E-state index contributed by atoms with van der Waals surface area (Å²) in [6.07, 6.45) is 4.03. The third kappa shape index (κ3) is 3.64. The van der Waals surface area contributed by atoms with E-state index in [1.165, 1.54) is 0 Å². The van der Waals surface area contributed by atoms with Crippen LogP contribution in [0.25, 0.3) is 11.0 Å². The monoisotopic (exact) mass is 366 g/mol. The molecule has 1 aliphatic heterocycles. The minimum Gasteiger partial charge on any atom is -0.355 e. The molecule has 2 amide bonds. The predicted molar refractivity (Wildman–Crippen MR) is 105 cm³/mol. The molecule has 1 fully saturated rings. The number of nitrogens with one attached hydrogen (secondary N) is 4. The summed E-state index contributed by atoms with van der Waals surface area (Å²) in [6, 6.07) is 8.73. The van der Waals surface area contributed by atoms with E-state index < -0.39 is 0 Å². The highest BCUT2D eigenvalue weighted by Crippen LogP contribution is 2.26. The minimum atomic E-state index is -0.293. The molecule has 0 saturated carbocycles. The number of rotatable bonds is 4. The zero-order valence-electron chi connectivity index (χ0n) is 15.1. The van der Waals surface area contributed by atoms with Gasteiger partial charge < -0.3 is 25.5 Å². The second-order valence-corrected chi connectivity index (χ2v) is 6.77. The number of benzene rings is 1. The maximum Gasteiger partial charge on any atom is 0.323 e. The van der Waals surface area contributed by atoms with Crippen molar-refractivity contribution < 1.29 is 4.79 Å². The summed E-state index contributed by atoms with van der Waals surface area (Å²) in [5.74, 6) is 0.809. The highest BCUT2D eigenvalue weighted by Gasteiger charge is 2.18. The van der Waals surface area contributed by atoms with Crippen LogP contribution in [0.1, 0.15) is 31.4 Å². The van der Waals surface area contributed by atoms with Gasteiger partial charge in [-0.2, -0.15) is 0 Å². The first kappa shape index (κ1) is 17.1. The molecule has 1 atom stereocenters. The van der Waals surface area contributed by atoms with E-state index in [9.17, 15) is 9.59 Å². The first-order valence-electron chi connectivity index (χ1n) is 9.09. The van der Waals surface area contributed by atoms with Crippen LogP contribution < -0.4 is 21.2 Å². The summed E-state index contributed by atoms with van der Waals surface area (Å²) in [6.45, 7) is 3.81. The molecule has 4 N–H and O–H groups in total. The Labute approximate surface area is 156 Å². The number of urea groups is 1. The Bertz CT molecular complexity index is 1020. The summed E-state index contributed by atoms with van der Waals surface area (Å²) in [5.41, 5.74) is 2.82. The molecule has 1 saturated heterocycles. The van der Waals surface area contributed by atoms with Crippen LogP contribution in [0.3, 0.4) is 0 Å². The van der Waals surface area contributed by atoms with Crippen LogP contribution in [-0.4, -0.2) is 34.1 Å². The van der Waals surface area contributed by atoms with E-state index in [1.807, 2.05) is 37.3 Å². The summed E-state index contributed by atoms with van der Waals surface area (Å²) >= 11 is 0. The summed E-state index contributed by atoms with van der Waals surface area (Å²) in [4.78, 5) is 36.0. The fraction of sp³-hybridized carbons (Fsp3) is 0.316. The Morgan fingerprint density at radius 1 is 1.19 bits per heavy atom. The average Bonchev–Trinajstić information content (AvgIpc) is 3.29. The molecule has 8 nitrogen and oxygen atoms in total. The lowest BCUT2D eigenvalue weighted by Gasteiger charge is -2.21. The van der Waals surface area contributed by atoms with Crippen molar-refractivity contribution in [3.8, 4) is 0 Å². The van der Waals surface area contributed by atoms with Crippen molar-refractivity contribution in [2.75, 3.05) is 23.3 Å². The van der Waals surface area contributed by atoms with Crippen molar-refractivity contribution in [3.05, 3.63) is 52.6 Å². The van der Waals surface area contributed by atoms with Gasteiger partial charge in [-0.15, -0.1) is 0 Å². The quantitative estimate of drug-likeness (QED) is 0.570. The zero-order chi connectivity index (χ0) is 18.8. The minimum absolute atomic E-state index is 0.222. The van der Waals surface area contributed by atoms with Crippen molar-refractivity contribution in [2.45, 2.75) is 25.8 Å². The number of aromatic nitrogens is 3. The van der Waals surface area contributed by atoms with E-state index in [0.717, 1.165) is 48.3 Å². The number of H-pyrrole nitrogens is 2. The van der Waals surface area contributed by atoms with Crippen molar-refractivity contribution in [3.63, 3.8) is 0 Å². The summed E-state index contributed by atoms with van der Waals surface area (Å²) < 4.78 is 0. The predicted octanol–water partition coefficient (Wildman–Crippen LogP) is 2.73. The lowest BCUT2D eigenvalue weighted by atomic mass is 10.1. The number of aromatic amines is 2. The average molecular weight is 366 g/mol. The second kappa shape index (κ2) is 7.14. The van der Waals surface area contributed by atoms with Gasteiger partial charge in [-0.1, -0.05) is 6.07 Å². The van der Waals surface area contributed by atoms with Crippen molar-refractivity contribution in [2.24, 2.45) is 0 Å². The van der Waals surface area contributed by atoms with Gasteiger partial charge in [-0.3, -0.25) is 0 Å². The Morgan fingerprint density at radius 3 is 2.78 bits per heavy atom. The first-order chi connectivity index (χ1) is 13.1. The summed E-state index contributed by atoms with van der Waals surface area (Å²) in [7, 11) is 0. The number of imidazole rings is 1. The number of nitrogens with zero attached hydrogens (tertiary/aromatic N) is 2. The van der Waals surface area contributed by atoms with Gasteiger partial charge in [-0.25, -0.2) is 14.6 Å². The topological polar surface area (TPSA) is 106 Å². The molecule has 0 spiro atoms. The van der Waals surface area contributed by atoms with E-state index in [4.69, 9.17) is 0 Å². The van der Waals surface area contributed by atoms with Crippen molar-refractivity contribution in [1.82, 2.24) is 20.3 Å². The van der Waals surface area contributed by atoms with Gasteiger partial charge >= 0.3 is 11.7 Å². The molecule has 1 aliphatic rings. The van der Waals surface area contributed by atoms with Gasteiger partial charge in [0, 0.05) is 19.3 Å². The first-order valence-corrected chi connectivity index (χ1v) is 9.09. The standard InChI is InChI=1S/C19H22N6O2/c1-12(13-6-7-14-16(11-13)24-19(27)22-14)21-18(26)23-15-5-4-8-20-17(15)25-9-2-3-10-25/h4-8,11-12H,2-3,9-10H2,1H3,(H2,21,23,26)(H2,22,24,27)/t12-/m0/s1. The van der Waals surface area contributed by atoms with Crippen LogP contribution in [0.5, 0.6) is 0 Å². The fourth-order valence-electron chi connectivity index (χ4n) is 3.43. The SMILES string of the molecule is C[C@H](NC(=O)Nc1cccnc1N1CCCC1)c1ccc2[nH]c(=O)[nH]c2c1. The Balaban J connectivity index is 1.46. The van der Waals surface area contributed by atoms with Crippen LogP contribution in [0, 0.1) is 0 Å². The van der Waals surface area contributed by atoms with E-state index in [-0.39, 0.29) is 17.8 Å². The third-order valence-corrected chi connectivity index (χ3v) is 4.83. The molecule has 0 unspecified atom stereocenters. The maximum absolute atomic E-state index is 12.5. The highest BCUT2D eigenvalue weighted by molar-refractivity contribution is 5.92.